The van der Waals surface area contributed by atoms with E-state index in [0.717, 1.165) is 11.3 Å². The minimum absolute atomic E-state index is 0.0427. The maximum atomic E-state index is 13.0. The highest BCUT2D eigenvalue weighted by atomic mass is 32.1. The molecule has 0 saturated heterocycles. The summed E-state index contributed by atoms with van der Waals surface area (Å²) >= 11 is 1.34. The lowest BCUT2D eigenvalue weighted by atomic mass is 10.1. The van der Waals surface area contributed by atoms with Gasteiger partial charge < -0.3 is 19.0 Å². The standard InChI is InChI=1S/C25H20N4O5S/c1-14-6-3-4-7-18(14)27-21(30)11-22-26-16(13-35-22)12-33-25(31)17-10-19(20-8-5-9-32-20)28-24-23(17)15(2)29-34-24/h3-10,13H,11-12H2,1-2H3,(H,27,30). The molecule has 0 aliphatic heterocycles. The SMILES string of the molecule is Cc1ccccc1NC(=O)Cc1nc(COC(=O)c2cc(-c3ccco3)nc3onc(C)c23)cs1. The lowest BCUT2D eigenvalue weighted by Gasteiger charge is -2.07. The minimum atomic E-state index is -0.566. The second kappa shape index (κ2) is 9.51. The molecule has 35 heavy (non-hydrogen) atoms. The summed E-state index contributed by atoms with van der Waals surface area (Å²) in [4.78, 5) is 34.2. The normalized spacial score (nSPS) is 11.0. The number of furan rings is 1. The summed E-state index contributed by atoms with van der Waals surface area (Å²) in [5.74, 6) is -0.240. The number of hydrogen-bond donors (Lipinski definition) is 1. The van der Waals surface area contributed by atoms with Crippen LogP contribution in [0.2, 0.25) is 0 Å². The fraction of sp³-hybridized carbons (Fsp3) is 0.160. The molecular weight excluding hydrogens is 468 g/mol. The van der Waals surface area contributed by atoms with Gasteiger partial charge in [-0.15, -0.1) is 11.3 Å². The van der Waals surface area contributed by atoms with Crippen LogP contribution in [0.25, 0.3) is 22.6 Å². The second-order valence-corrected chi connectivity index (χ2v) is 8.77. The summed E-state index contributed by atoms with van der Waals surface area (Å²) in [7, 11) is 0. The number of carbonyl (C=O) groups is 2. The highest BCUT2D eigenvalue weighted by Crippen LogP contribution is 2.28. The van der Waals surface area contributed by atoms with E-state index < -0.39 is 5.97 Å². The maximum Gasteiger partial charge on any atom is 0.339 e. The number of para-hydroxylation sites is 1. The van der Waals surface area contributed by atoms with E-state index in [1.165, 1.54) is 17.6 Å². The number of thiazole rings is 1. The van der Waals surface area contributed by atoms with E-state index in [9.17, 15) is 9.59 Å². The molecule has 0 atom stereocenters. The van der Waals surface area contributed by atoms with Crippen molar-refractivity contribution >= 4 is 40.0 Å². The molecule has 0 bridgehead atoms. The zero-order chi connectivity index (χ0) is 24.4. The topological polar surface area (TPSA) is 120 Å². The first-order chi connectivity index (χ1) is 17.0. The molecule has 0 spiro atoms. The Morgan fingerprint density at radius 1 is 1.11 bits per heavy atom. The second-order valence-electron chi connectivity index (χ2n) is 7.83. The zero-order valence-electron chi connectivity index (χ0n) is 18.9. The van der Waals surface area contributed by atoms with Gasteiger partial charge in [-0.25, -0.2) is 14.8 Å². The van der Waals surface area contributed by atoms with Gasteiger partial charge in [-0.2, -0.15) is 0 Å². The van der Waals surface area contributed by atoms with Crippen molar-refractivity contribution in [3.8, 4) is 11.5 Å². The Morgan fingerprint density at radius 2 is 1.97 bits per heavy atom. The Hall–Kier alpha value is -4.31. The van der Waals surface area contributed by atoms with E-state index in [4.69, 9.17) is 13.7 Å². The van der Waals surface area contributed by atoms with E-state index in [2.05, 4.69) is 20.4 Å². The van der Waals surface area contributed by atoms with Crippen molar-refractivity contribution in [2.75, 3.05) is 5.32 Å². The summed E-state index contributed by atoms with van der Waals surface area (Å²) in [5.41, 5.74) is 3.76. The first-order valence-corrected chi connectivity index (χ1v) is 11.6. The summed E-state index contributed by atoms with van der Waals surface area (Å²) in [6.45, 7) is 3.62. The number of benzene rings is 1. The van der Waals surface area contributed by atoms with Crippen molar-refractivity contribution in [1.82, 2.24) is 15.1 Å². The molecule has 1 N–H and O–H groups in total. The number of carbonyl (C=O) groups excluding carboxylic acids is 2. The third kappa shape index (κ3) is 4.82. The van der Waals surface area contributed by atoms with Crippen LogP contribution in [0.5, 0.6) is 0 Å². The number of amides is 1. The van der Waals surface area contributed by atoms with E-state index in [1.807, 2.05) is 31.2 Å². The van der Waals surface area contributed by atoms with E-state index in [0.29, 0.717) is 33.2 Å². The Morgan fingerprint density at radius 3 is 2.77 bits per heavy atom. The third-order valence-electron chi connectivity index (χ3n) is 5.29. The number of hydrogen-bond acceptors (Lipinski definition) is 9. The van der Waals surface area contributed by atoms with Crippen LogP contribution < -0.4 is 5.32 Å². The van der Waals surface area contributed by atoms with Crippen molar-refractivity contribution in [3.63, 3.8) is 0 Å². The van der Waals surface area contributed by atoms with Crippen LogP contribution in [-0.4, -0.2) is 27.0 Å². The zero-order valence-corrected chi connectivity index (χ0v) is 19.7. The molecule has 0 fully saturated rings. The maximum absolute atomic E-state index is 13.0. The molecule has 176 valence electrons. The number of anilines is 1. The summed E-state index contributed by atoms with van der Waals surface area (Å²) in [6.07, 6.45) is 1.65. The minimum Gasteiger partial charge on any atom is -0.463 e. The predicted molar refractivity (Wildman–Crippen MR) is 129 cm³/mol. The molecule has 0 aliphatic rings. The van der Waals surface area contributed by atoms with Crippen LogP contribution in [0.4, 0.5) is 5.69 Å². The number of aromatic nitrogens is 3. The molecular formula is C25H20N4O5S. The van der Waals surface area contributed by atoms with Gasteiger partial charge in [0.25, 0.3) is 5.71 Å². The molecule has 0 aliphatic carbocycles. The number of nitrogens with zero attached hydrogens (tertiary/aromatic N) is 3. The Bertz CT molecular complexity index is 1520. The van der Waals surface area contributed by atoms with Crippen LogP contribution in [0.3, 0.4) is 0 Å². The van der Waals surface area contributed by atoms with Crippen LogP contribution >= 0.6 is 11.3 Å². The molecule has 0 radical (unpaired) electrons. The monoisotopic (exact) mass is 488 g/mol. The quantitative estimate of drug-likeness (QED) is 0.314. The fourth-order valence-corrected chi connectivity index (χ4v) is 4.34. The Kier molecular flexibility index (Phi) is 6.11. The van der Waals surface area contributed by atoms with Crippen LogP contribution in [0, 0.1) is 13.8 Å². The predicted octanol–water partition coefficient (Wildman–Crippen LogP) is 5.09. The van der Waals surface area contributed by atoms with Crippen molar-refractivity contribution in [2.24, 2.45) is 0 Å². The molecule has 0 unspecified atom stereocenters. The number of aryl methyl sites for hydroxylation is 2. The van der Waals surface area contributed by atoms with Gasteiger partial charge in [0.1, 0.15) is 17.3 Å². The fourth-order valence-electron chi connectivity index (χ4n) is 3.56. The van der Waals surface area contributed by atoms with Gasteiger partial charge in [0, 0.05) is 11.1 Å². The van der Waals surface area contributed by atoms with Gasteiger partial charge in [-0.3, -0.25) is 4.79 Å². The lowest BCUT2D eigenvalue weighted by molar-refractivity contribution is -0.115. The molecule has 9 nitrogen and oxygen atoms in total. The van der Waals surface area contributed by atoms with Gasteiger partial charge in [0.2, 0.25) is 5.91 Å². The van der Waals surface area contributed by atoms with Crippen molar-refractivity contribution < 1.29 is 23.3 Å². The van der Waals surface area contributed by atoms with Crippen LogP contribution in [-0.2, 0) is 22.6 Å². The summed E-state index contributed by atoms with van der Waals surface area (Å²) in [6, 6.07) is 12.6. The molecule has 4 heterocycles. The Balaban J connectivity index is 1.27. The van der Waals surface area contributed by atoms with Crippen LogP contribution in [0.15, 0.2) is 63.0 Å². The van der Waals surface area contributed by atoms with Gasteiger partial charge in [-0.05, 0) is 43.7 Å². The molecule has 4 aromatic heterocycles. The largest absolute Gasteiger partial charge is 0.463 e. The van der Waals surface area contributed by atoms with E-state index in [1.54, 1.807) is 30.5 Å². The average Bonchev–Trinajstić information content (AvgIpc) is 3.61. The van der Waals surface area contributed by atoms with Gasteiger partial charge in [0.05, 0.1) is 35.0 Å². The molecule has 1 aromatic carbocycles. The third-order valence-corrected chi connectivity index (χ3v) is 6.19. The van der Waals surface area contributed by atoms with Gasteiger partial charge in [-0.1, -0.05) is 23.4 Å². The number of rotatable bonds is 7. The number of nitrogens with one attached hydrogen (secondary N) is 1. The summed E-state index contributed by atoms with van der Waals surface area (Å²) in [5, 5.41) is 9.69. The molecule has 1 amide bonds. The van der Waals surface area contributed by atoms with E-state index in [-0.39, 0.29) is 30.2 Å². The molecule has 0 saturated carbocycles. The smallest absolute Gasteiger partial charge is 0.339 e. The Labute approximate surface area is 203 Å². The number of esters is 1. The van der Waals surface area contributed by atoms with Crippen molar-refractivity contribution in [3.05, 3.63) is 81.6 Å². The highest BCUT2D eigenvalue weighted by Gasteiger charge is 2.21. The first kappa shape index (κ1) is 22.5. The number of pyridine rings is 1. The summed E-state index contributed by atoms with van der Waals surface area (Å²) < 4.78 is 16.2. The van der Waals surface area contributed by atoms with Crippen molar-refractivity contribution in [2.45, 2.75) is 26.9 Å². The lowest BCUT2D eigenvalue weighted by Crippen LogP contribution is -2.15. The van der Waals surface area contributed by atoms with Crippen LogP contribution in [0.1, 0.15) is 32.3 Å². The first-order valence-electron chi connectivity index (χ1n) is 10.7. The van der Waals surface area contributed by atoms with E-state index >= 15 is 0 Å². The van der Waals surface area contributed by atoms with Gasteiger partial charge in [0.15, 0.2) is 5.76 Å². The molecule has 5 aromatic rings. The molecule has 10 heteroatoms. The molecule has 5 rings (SSSR count). The average molecular weight is 489 g/mol. The highest BCUT2D eigenvalue weighted by molar-refractivity contribution is 7.09. The number of fused-ring (bicyclic) bond motifs is 1. The van der Waals surface area contributed by atoms with Crippen molar-refractivity contribution in [1.29, 1.82) is 0 Å². The number of ether oxygens (including phenoxy) is 1. The van der Waals surface area contributed by atoms with Gasteiger partial charge >= 0.3 is 5.97 Å².